The van der Waals surface area contributed by atoms with Gasteiger partial charge in [0.15, 0.2) is 5.96 Å². The molecular weight excluding hydrogens is 445 g/mol. The van der Waals surface area contributed by atoms with Gasteiger partial charge in [0.25, 0.3) is 0 Å². The lowest BCUT2D eigenvalue weighted by molar-refractivity contribution is -0.143. The molecule has 0 spiro atoms. The first kappa shape index (κ1) is 25.4. The summed E-state index contributed by atoms with van der Waals surface area (Å²) in [5.41, 5.74) is 0.294. The van der Waals surface area contributed by atoms with E-state index in [-0.39, 0.29) is 29.9 Å². The fraction of sp³-hybridized carbons (Fsp3) is 0.895. The number of hydrogen-bond acceptors (Lipinski definition) is 4. The highest BCUT2D eigenvalue weighted by Gasteiger charge is 2.33. The molecule has 0 amide bonds. The Balaban J connectivity index is 0.00000625. The monoisotopic (exact) mass is 483 g/mol. The molecule has 6 nitrogen and oxygen atoms in total. The van der Waals surface area contributed by atoms with Crippen LogP contribution in [0.25, 0.3) is 0 Å². The van der Waals surface area contributed by atoms with Crippen molar-refractivity contribution in [2.24, 2.45) is 10.4 Å². The summed E-state index contributed by atoms with van der Waals surface area (Å²) < 4.78 is 10.5. The van der Waals surface area contributed by atoms with Gasteiger partial charge in [0.1, 0.15) is 0 Å². The molecule has 1 rings (SSSR count). The number of guanidine groups is 1. The van der Waals surface area contributed by atoms with Crippen molar-refractivity contribution in [3.8, 4) is 0 Å². The summed E-state index contributed by atoms with van der Waals surface area (Å²) in [6.07, 6.45) is 7.36. The van der Waals surface area contributed by atoms with E-state index in [9.17, 15) is 4.79 Å². The Morgan fingerprint density at radius 3 is 2.46 bits per heavy atom. The van der Waals surface area contributed by atoms with Gasteiger partial charge >= 0.3 is 5.97 Å². The van der Waals surface area contributed by atoms with Crippen LogP contribution in [0, 0.1) is 5.41 Å². The molecule has 0 atom stereocenters. The third kappa shape index (κ3) is 10.5. The topological polar surface area (TPSA) is 72.0 Å². The molecule has 2 N–H and O–H groups in total. The molecule has 1 saturated carbocycles. The Labute approximate surface area is 176 Å². The first-order chi connectivity index (χ1) is 12.2. The van der Waals surface area contributed by atoms with E-state index in [4.69, 9.17) is 14.5 Å². The van der Waals surface area contributed by atoms with E-state index in [1.54, 1.807) is 0 Å². The lowest BCUT2D eigenvalue weighted by Gasteiger charge is -2.27. The van der Waals surface area contributed by atoms with Crippen molar-refractivity contribution in [2.45, 2.75) is 65.7 Å². The molecule has 0 aromatic heterocycles. The molecule has 0 radical (unpaired) electrons. The number of carbonyl (C=O) groups excluding carboxylic acids is 1. The van der Waals surface area contributed by atoms with Crippen LogP contribution < -0.4 is 10.6 Å². The quantitative estimate of drug-likeness (QED) is 0.146. The highest BCUT2D eigenvalue weighted by molar-refractivity contribution is 14.0. The molecule has 0 unspecified atom stereocenters. The van der Waals surface area contributed by atoms with Gasteiger partial charge < -0.3 is 20.1 Å². The van der Waals surface area contributed by atoms with Crippen LogP contribution in [0.5, 0.6) is 0 Å². The molecule has 7 heteroatoms. The van der Waals surface area contributed by atoms with Crippen LogP contribution in [0.4, 0.5) is 0 Å². The number of nitrogens with zero attached hydrogens (tertiary/aromatic N) is 1. The van der Waals surface area contributed by atoms with Crippen LogP contribution >= 0.6 is 24.0 Å². The second-order valence-corrected chi connectivity index (χ2v) is 6.68. The van der Waals surface area contributed by atoms with Gasteiger partial charge in [-0.3, -0.25) is 9.79 Å². The van der Waals surface area contributed by atoms with Crippen LogP contribution in [0.1, 0.15) is 65.7 Å². The Morgan fingerprint density at radius 2 is 1.85 bits per heavy atom. The Hall–Kier alpha value is -0.570. The molecule has 0 saturated heterocycles. The summed E-state index contributed by atoms with van der Waals surface area (Å²) in [6, 6.07) is 0. The van der Waals surface area contributed by atoms with Crippen LogP contribution in [-0.2, 0) is 14.3 Å². The zero-order valence-corrected chi connectivity index (χ0v) is 19.1. The second-order valence-electron chi connectivity index (χ2n) is 6.68. The summed E-state index contributed by atoms with van der Waals surface area (Å²) in [7, 11) is 0. The SMILES string of the molecule is CCNC(=NCC1(CCOCC)CCCC1)NCCCC(=O)OCC.I. The van der Waals surface area contributed by atoms with Gasteiger partial charge in [0.2, 0.25) is 0 Å². The third-order valence-electron chi connectivity index (χ3n) is 4.72. The molecule has 1 aliphatic rings. The number of rotatable bonds is 12. The van der Waals surface area contributed by atoms with Crippen molar-refractivity contribution in [3.05, 3.63) is 0 Å². The fourth-order valence-electron chi connectivity index (χ4n) is 3.31. The maximum absolute atomic E-state index is 11.4. The van der Waals surface area contributed by atoms with Crippen LogP contribution in [0.15, 0.2) is 4.99 Å². The van der Waals surface area contributed by atoms with Gasteiger partial charge in [-0.1, -0.05) is 12.8 Å². The molecule has 0 aromatic carbocycles. The third-order valence-corrected chi connectivity index (χ3v) is 4.72. The fourth-order valence-corrected chi connectivity index (χ4v) is 3.31. The highest BCUT2D eigenvalue weighted by atomic mass is 127. The lowest BCUT2D eigenvalue weighted by atomic mass is 9.83. The van der Waals surface area contributed by atoms with E-state index in [0.29, 0.717) is 18.4 Å². The van der Waals surface area contributed by atoms with Gasteiger partial charge in [-0.2, -0.15) is 0 Å². The molecule has 1 fully saturated rings. The zero-order valence-electron chi connectivity index (χ0n) is 16.8. The van der Waals surface area contributed by atoms with E-state index in [2.05, 4.69) is 17.6 Å². The number of aliphatic imine (C=N–C) groups is 1. The Morgan fingerprint density at radius 1 is 1.12 bits per heavy atom. The van der Waals surface area contributed by atoms with Crippen molar-refractivity contribution in [2.75, 3.05) is 39.5 Å². The molecule has 154 valence electrons. The van der Waals surface area contributed by atoms with Gasteiger partial charge in [0.05, 0.1) is 6.61 Å². The second kappa shape index (κ2) is 15.5. The minimum absolute atomic E-state index is 0. The Kier molecular flexibility index (Phi) is 15.1. The zero-order chi connectivity index (χ0) is 18.4. The lowest BCUT2D eigenvalue weighted by Crippen LogP contribution is -2.39. The Bertz CT molecular complexity index is 399. The number of hydrogen-bond donors (Lipinski definition) is 2. The number of ether oxygens (including phenoxy) is 2. The first-order valence-corrected chi connectivity index (χ1v) is 9.91. The normalized spacial score (nSPS) is 16.0. The summed E-state index contributed by atoms with van der Waals surface area (Å²) >= 11 is 0. The van der Waals surface area contributed by atoms with E-state index >= 15 is 0 Å². The maximum Gasteiger partial charge on any atom is 0.305 e. The van der Waals surface area contributed by atoms with Crippen molar-refractivity contribution in [1.82, 2.24) is 10.6 Å². The van der Waals surface area contributed by atoms with Gasteiger partial charge in [-0.25, -0.2) is 0 Å². The van der Waals surface area contributed by atoms with Gasteiger partial charge in [-0.15, -0.1) is 24.0 Å². The largest absolute Gasteiger partial charge is 0.466 e. The van der Waals surface area contributed by atoms with E-state index in [1.807, 2.05) is 13.8 Å². The molecular formula is C19H38IN3O3. The average Bonchev–Trinajstić information content (AvgIpc) is 3.06. The average molecular weight is 483 g/mol. The molecule has 0 aliphatic heterocycles. The maximum atomic E-state index is 11.4. The van der Waals surface area contributed by atoms with Crippen molar-refractivity contribution in [1.29, 1.82) is 0 Å². The van der Waals surface area contributed by atoms with Gasteiger partial charge in [-0.05, 0) is 51.9 Å². The highest BCUT2D eigenvalue weighted by Crippen LogP contribution is 2.41. The number of halogens is 1. The predicted molar refractivity (Wildman–Crippen MR) is 117 cm³/mol. The molecule has 26 heavy (non-hydrogen) atoms. The molecule has 0 bridgehead atoms. The number of carbonyl (C=O) groups is 1. The summed E-state index contributed by atoms with van der Waals surface area (Å²) in [5, 5.41) is 6.62. The van der Waals surface area contributed by atoms with Gasteiger partial charge in [0, 0.05) is 39.3 Å². The van der Waals surface area contributed by atoms with Crippen molar-refractivity contribution in [3.63, 3.8) is 0 Å². The van der Waals surface area contributed by atoms with Crippen LogP contribution in [-0.4, -0.2) is 51.4 Å². The summed E-state index contributed by atoms with van der Waals surface area (Å²) in [4.78, 5) is 16.2. The van der Waals surface area contributed by atoms with Crippen LogP contribution in [0.2, 0.25) is 0 Å². The molecule has 1 aliphatic carbocycles. The molecule has 0 aromatic rings. The summed E-state index contributed by atoms with van der Waals surface area (Å²) in [5.74, 6) is 0.709. The standard InChI is InChI=1S/C19H37N3O3.HI/c1-4-20-18(21-14-9-10-17(23)25-6-3)22-16-19(11-7-8-12-19)13-15-24-5-2;/h4-16H2,1-3H3,(H2,20,21,22);1H. The van der Waals surface area contributed by atoms with Crippen molar-refractivity contribution < 1.29 is 14.3 Å². The number of esters is 1. The minimum atomic E-state index is -0.132. The number of nitrogens with one attached hydrogen (secondary N) is 2. The van der Waals surface area contributed by atoms with E-state index in [1.165, 1.54) is 25.7 Å². The summed E-state index contributed by atoms with van der Waals surface area (Å²) in [6.45, 7) is 10.4. The minimum Gasteiger partial charge on any atom is -0.466 e. The smallest absolute Gasteiger partial charge is 0.305 e. The molecule has 0 heterocycles. The van der Waals surface area contributed by atoms with Crippen molar-refractivity contribution >= 4 is 35.9 Å². The van der Waals surface area contributed by atoms with Crippen LogP contribution in [0.3, 0.4) is 0 Å². The predicted octanol–water partition coefficient (Wildman–Crippen LogP) is 3.49. The van der Waals surface area contributed by atoms with E-state index < -0.39 is 0 Å². The van der Waals surface area contributed by atoms with E-state index in [0.717, 1.165) is 51.6 Å². The first-order valence-electron chi connectivity index (χ1n) is 9.91.